The molecule has 3 aliphatic heterocycles. The summed E-state index contributed by atoms with van der Waals surface area (Å²) in [5.41, 5.74) is -0.498. The van der Waals surface area contributed by atoms with Crippen molar-refractivity contribution in [2.45, 2.75) is 57.8 Å². The van der Waals surface area contributed by atoms with Gasteiger partial charge in [0.1, 0.15) is 5.60 Å². The van der Waals surface area contributed by atoms with E-state index in [4.69, 9.17) is 9.47 Å². The van der Waals surface area contributed by atoms with E-state index in [9.17, 15) is 9.59 Å². The maximum atomic E-state index is 12.4. The molecule has 4 rings (SSSR count). The lowest BCUT2D eigenvalue weighted by Gasteiger charge is -2.35. The number of ether oxygens (including phenoxy) is 2. The molecule has 4 atom stereocenters. The summed E-state index contributed by atoms with van der Waals surface area (Å²) in [6, 6.07) is 0.00402. The molecule has 0 unspecified atom stereocenters. The third-order valence-electron chi connectivity index (χ3n) is 4.76. The van der Waals surface area contributed by atoms with Crippen LogP contribution in [0.5, 0.6) is 0 Å². The van der Waals surface area contributed by atoms with Gasteiger partial charge in [-0.25, -0.2) is 4.79 Å². The third kappa shape index (κ3) is 3.07. The Morgan fingerprint density at radius 1 is 1.36 bits per heavy atom. The van der Waals surface area contributed by atoms with Gasteiger partial charge in [-0.2, -0.15) is 0 Å². The Hall–Kier alpha value is -1.30. The van der Waals surface area contributed by atoms with Gasteiger partial charge in [0.25, 0.3) is 0 Å². The van der Waals surface area contributed by atoms with Crippen molar-refractivity contribution in [2.75, 3.05) is 19.7 Å². The molecule has 2 amide bonds. The summed E-state index contributed by atoms with van der Waals surface area (Å²) in [7, 11) is 0. The fraction of sp³-hybridized carbons (Fsp3) is 0.875. The largest absolute Gasteiger partial charge is 0.444 e. The minimum absolute atomic E-state index is 0.00402. The van der Waals surface area contributed by atoms with E-state index in [1.54, 1.807) is 4.90 Å². The van der Waals surface area contributed by atoms with Crippen molar-refractivity contribution in [3.05, 3.63) is 0 Å². The third-order valence-corrected chi connectivity index (χ3v) is 4.76. The Labute approximate surface area is 131 Å². The molecule has 3 saturated heterocycles. The van der Waals surface area contributed by atoms with Gasteiger partial charge in [0.2, 0.25) is 5.91 Å². The molecule has 0 aromatic rings. The second-order valence-corrected chi connectivity index (χ2v) is 7.60. The van der Waals surface area contributed by atoms with Crippen molar-refractivity contribution in [1.82, 2.24) is 10.2 Å². The summed E-state index contributed by atoms with van der Waals surface area (Å²) >= 11 is 0. The van der Waals surface area contributed by atoms with Gasteiger partial charge in [-0.05, 0) is 46.0 Å². The quantitative estimate of drug-likeness (QED) is 0.858. The molecule has 1 N–H and O–H groups in total. The molecule has 1 saturated carbocycles. The van der Waals surface area contributed by atoms with Gasteiger partial charge in [-0.15, -0.1) is 0 Å². The van der Waals surface area contributed by atoms with E-state index in [-0.39, 0.29) is 36.0 Å². The average molecular weight is 310 g/mol. The zero-order valence-electron chi connectivity index (χ0n) is 13.6. The van der Waals surface area contributed by atoms with Crippen LogP contribution < -0.4 is 5.32 Å². The Morgan fingerprint density at radius 3 is 2.77 bits per heavy atom. The highest BCUT2D eigenvalue weighted by atomic mass is 16.6. The first-order valence-corrected chi connectivity index (χ1v) is 8.24. The number of nitrogens with zero attached hydrogens (tertiary/aromatic N) is 1. The summed E-state index contributed by atoms with van der Waals surface area (Å²) in [5.74, 6) is 0.263. The van der Waals surface area contributed by atoms with Crippen molar-refractivity contribution in [3.63, 3.8) is 0 Å². The second-order valence-electron chi connectivity index (χ2n) is 7.60. The number of hydrogen-bond acceptors (Lipinski definition) is 4. The zero-order chi connectivity index (χ0) is 15.9. The molecule has 6 nitrogen and oxygen atoms in total. The molecule has 0 radical (unpaired) electrons. The van der Waals surface area contributed by atoms with Crippen LogP contribution in [0.15, 0.2) is 0 Å². The smallest absolute Gasteiger partial charge is 0.410 e. The second kappa shape index (κ2) is 5.72. The van der Waals surface area contributed by atoms with E-state index < -0.39 is 5.60 Å². The summed E-state index contributed by atoms with van der Waals surface area (Å²) in [4.78, 5) is 26.3. The number of rotatable bonds is 3. The molecule has 4 fully saturated rings. The SMILES string of the molecule is CC(C)(C)OC(=O)N1C[C@H]2C[C@H]1[C@@H]2C(=O)NC[C@H]1CCCO1. The molecular formula is C16H26N2O4. The predicted molar refractivity (Wildman–Crippen MR) is 80.3 cm³/mol. The highest BCUT2D eigenvalue weighted by Crippen LogP contribution is 2.46. The molecular weight excluding hydrogens is 284 g/mol. The minimum atomic E-state index is -0.498. The van der Waals surface area contributed by atoms with Gasteiger partial charge in [-0.3, -0.25) is 4.79 Å². The molecule has 124 valence electrons. The first-order valence-electron chi connectivity index (χ1n) is 8.24. The molecule has 0 spiro atoms. The monoisotopic (exact) mass is 310 g/mol. The topological polar surface area (TPSA) is 67.9 Å². The van der Waals surface area contributed by atoms with E-state index >= 15 is 0 Å². The number of hydrogen-bond donors (Lipinski definition) is 1. The summed E-state index contributed by atoms with van der Waals surface area (Å²) in [6.45, 7) is 7.59. The summed E-state index contributed by atoms with van der Waals surface area (Å²) in [6.07, 6.45) is 2.86. The van der Waals surface area contributed by atoms with Crippen LogP contribution in [0.4, 0.5) is 4.79 Å². The Kier molecular flexibility index (Phi) is 4.05. The fourth-order valence-electron chi connectivity index (χ4n) is 3.68. The van der Waals surface area contributed by atoms with E-state index in [0.717, 1.165) is 25.9 Å². The fourth-order valence-corrected chi connectivity index (χ4v) is 3.68. The van der Waals surface area contributed by atoms with E-state index in [1.807, 2.05) is 20.8 Å². The number of amides is 2. The van der Waals surface area contributed by atoms with E-state index in [1.165, 1.54) is 0 Å². The Morgan fingerprint density at radius 2 is 2.14 bits per heavy atom. The molecule has 6 heteroatoms. The molecule has 3 heterocycles. The van der Waals surface area contributed by atoms with Crippen LogP contribution in [-0.4, -0.2) is 54.3 Å². The van der Waals surface area contributed by atoms with Gasteiger partial charge in [-0.1, -0.05) is 0 Å². The van der Waals surface area contributed by atoms with Crippen molar-refractivity contribution in [1.29, 1.82) is 0 Å². The lowest BCUT2D eigenvalue weighted by Crippen LogP contribution is -2.50. The number of nitrogens with one attached hydrogen (secondary N) is 1. The van der Waals surface area contributed by atoms with Gasteiger partial charge < -0.3 is 19.7 Å². The highest BCUT2D eigenvalue weighted by Gasteiger charge is 2.57. The number of fused-ring (bicyclic) bond motifs is 1. The lowest BCUT2D eigenvalue weighted by atomic mass is 9.73. The molecule has 4 aliphatic rings. The zero-order valence-corrected chi connectivity index (χ0v) is 13.6. The summed E-state index contributed by atoms with van der Waals surface area (Å²) in [5, 5.41) is 2.99. The van der Waals surface area contributed by atoms with E-state index in [2.05, 4.69) is 5.32 Å². The van der Waals surface area contributed by atoms with Gasteiger partial charge >= 0.3 is 6.09 Å². The normalized spacial score (nSPS) is 33.5. The number of carbonyl (C=O) groups is 2. The highest BCUT2D eigenvalue weighted by molar-refractivity contribution is 5.83. The van der Waals surface area contributed by atoms with Crippen LogP contribution >= 0.6 is 0 Å². The van der Waals surface area contributed by atoms with Gasteiger partial charge in [0, 0.05) is 25.7 Å². The van der Waals surface area contributed by atoms with Crippen LogP contribution in [0.2, 0.25) is 0 Å². The van der Waals surface area contributed by atoms with Gasteiger partial charge in [0.05, 0.1) is 12.0 Å². The van der Waals surface area contributed by atoms with Crippen LogP contribution in [0, 0.1) is 11.8 Å². The Balaban J connectivity index is 1.50. The maximum Gasteiger partial charge on any atom is 0.410 e. The van der Waals surface area contributed by atoms with Gasteiger partial charge in [0.15, 0.2) is 0 Å². The van der Waals surface area contributed by atoms with Crippen molar-refractivity contribution in [2.24, 2.45) is 11.8 Å². The van der Waals surface area contributed by atoms with Crippen molar-refractivity contribution in [3.8, 4) is 0 Å². The standard InChI is InChI=1S/C16H26N2O4/c1-16(2,3)22-15(20)18-9-10-7-12(18)13(10)14(19)17-8-11-5-4-6-21-11/h10-13H,4-9H2,1-3H3,(H,17,19)/t10-,11-,12+,13-/m1/s1. The number of carbonyl (C=O) groups excluding carboxylic acids is 2. The van der Waals surface area contributed by atoms with E-state index in [0.29, 0.717) is 13.1 Å². The van der Waals surface area contributed by atoms with Crippen LogP contribution in [0.3, 0.4) is 0 Å². The summed E-state index contributed by atoms with van der Waals surface area (Å²) < 4.78 is 10.9. The molecule has 0 aromatic carbocycles. The molecule has 0 aromatic heterocycles. The van der Waals surface area contributed by atoms with Crippen LogP contribution in [0.1, 0.15) is 40.0 Å². The maximum absolute atomic E-state index is 12.4. The first kappa shape index (κ1) is 15.6. The first-order chi connectivity index (χ1) is 10.3. The molecule has 22 heavy (non-hydrogen) atoms. The van der Waals surface area contributed by atoms with Crippen molar-refractivity contribution >= 4 is 12.0 Å². The average Bonchev–Trinajstić information content (AvgIpc) is 3.09. The van der Waals surface area contributed by atoms with Crippen LogP contribution in [0.25, 0.3) is 0 Å². The predicted octanol–water partition coefficient (Wildman–Crippen LogP) is 1.54. The minimum Gasteiger partial charge on any atom is -0.444 e. The Bertz CT molecular complexity index is 454. The van der Waals surface area contributed by atoms with Crippen molar-refractivity contribution < 1.29 is 19.1 Å². The lowest BCUT2D eigenvalue weighted by molar-refractivity contribution is -0.130. The van der Waals surface area contributed by atoms with Crippen LogP contribution in [-0.2, 0) is 14.3 Å². The molecule has 1 aliphatic carbocycles. The molecule has 2 bridgehead atoms.